The van der Waals surface area contributed by atoms with Gasteiger partial charge in [-0.25, -0.2) is 0 Å². The number of hydrogen-bond donors (Lipinski definition) is 1. The standard InChI is InChI=1S/C22H42O4.Ca.2H/c1-2-3-4-5-6-7-8-9-10-11-12-13-14-15-16-17-20-26-22(25)19-18-21(23)24;;;/h2-20H2,1H3,(H,23,24);;;/q;+2;2*-1. The van der Waals surface area contributed by atoms with E-state index in [2.05, 4.69) is 6.92 Å². The van der Waals surface area contributed by atoms with Crippen LogP contribution >= 0.6 is 0 Å². The second-order valence-corrected chi connectivity index (χ2v) is 7.42. The van der Waals surface area contributed by atoms with Crippen LogP contribution in [0.4, 0.5) is 0 Å². The fourth-order valence-corrected chi connectivity index (χ4v) is 3.12. The first-order chi connectivity index (χ1) is 12.7. The van der Waals surface area contributed by atoms with Gasteiger partial charge in [0, 0.05) is 0 Å². The minimum Gasteiger partial charge on any atom is -1.00 e. The molecule has 1 N–H and O–H groups in total. The van der Waals surface area contributed by atoms with E-state index in [4.69, 9.17) is 9.84 Å². The van der Waals surface area contributed by atoms with Crippen LogP contribution < -0.4 is 0 Å². The van der Waals surface area contributed by atoms with Gasteiger partial charge in [-0.15, -0.1) is 0 Å². The van der Waals surface area contributed by atoms with Gasteiger partial charge in [-0.1, -0.05) is 103 Å². The van der Waals surface area contributed by atoms with Crippen molar-refractivity contribution in [2.24, 2.45) is 0 Å². The van der Waals surface area contributed by atoms with E-state index in [0.717, 1.165) is 12.8 Å². The first kappa shape index (κ1) is 29.4. The predicted octanol–water partition coefficient (Wildman–Crippen LogP) is 6.50. The van der Waals surface area contributed by atoms with Gasteiger partial charge in [0.05, 0.1) is 19.4 Å². The maximum absolute atomic E-state index is 11.2. The van der Waals surface area contributed by atoms with Gasteiger partial charge in [0.15, 0.2) is 0 Å². The summed E-state index contributed by atoms with van der Waals surface area (Å²) in [7, 11) is 0. The van der Waals surface area contributed by atoms with E-state index >= 15 is 0 Å². The minimum absolute atomic E-state index is 0. The van der Waals surface area contributed by atoms with Crippen molar-refractivity contribution in [2.75, 3.05) is 6.61 Å². The molecule has 0 amide bonds. The summed E-state index contributed by atoms with van der Waals surface area (Å²) in [6, 6.07) is 0. The molecule has 0 unspecified atom stereocenters. The Bertz CT molecular complexity index is 345. The van der Waals surface area contributed by atoms with Crippen LogP contribution in [0.5, 0.6) is 0 Å². The molecule has 0 heterocycles. The van der Waals surface area contributed by atoms with Crippen molar-refractivity contribution in [3.63, 3.8) is 0 Å². The molecule has 0 spiro atoms. The number of ether oxygens (including phenoxy) is 1. The zero-order valence-electron chi connectivity index (χ0n) is 19.8. The summed E-state index contributed by atoms with van der Waals surface area (Å²) < 4.78 is 5.01. The first-order valence-electron chi connectivity index (χ1n) is 11.0. The Morgan fingerprint density at radius 3 is 1.41 bits per heavy atom. The van der Waals surface area contributed by atoms with Crippen LogP contribution in [0.15, 0.2) is 0 Å². The summed E-state index contributed by atoms with van der Waals surface area (Å²) >= 11 is 0. The average molecular weight is 413 g/mol. The zero-order valence-corrected chi connectivity index (χ0v) is 20.0. The Kier molecular flexibility index (Phi) is 26.4. The normalized spacial score (nSPS) is 10.4. The monoisotopic (exact) mass is 412 g/mol. The van der Waals surface area contributed by atoms with Crippen molar-refractivity contribution in [3.8, 4) is 0 Å². The molecule has 0 aromatic carbocycles. The summed E-state index contributed by atoms with van der Waals surface area (Å²) in [6.45, 7) is 2.70. The summed E-state index contributed by atoms with van der Waals surface area (Å²) in [5, 5.41) is 8.47. The van der Waals surface area contributed by atoms with Gasteiger partial charge in [-0.3, -0.25) is 9.59 Å². The SMILES string of the molecule is CCCCCCCCCCCCCCCCCCOC(=O)CCC(=O)O.[Ca+2].[H-].[H-]. The third-order valence-corrected chi connectivity index (χ3v) is 4.80. The van der Waals surface area contributed by atoms with Crippen LogP contribution in [-0.4, -0.2) is 61.4 Å². The molecule has 0 aliphatic carbocycles. The largest absolute Gasteiger partial charge is 2.00 e. The predicted molar refractivity (Wildman–Crippen MR) is 115 cm³/mol. The molecular weight excluding hydrogens is 368 g/mol. The molecule has 0 bridgehead atoms. The number of carbonyl (C=O) groups excluding carboxylic acids is 1. The topological polar surface area (TPSA) is 63.6 Å². The number of rotatable bonds is 20. The van der Waals surface area contributed by atoms with Crippen LogP contribution in [0.2, 0.25) is 0 Å². The van der Waals surface area contributed by atoms with Crippen molar-refractivity contribution in [1.29, 1.82) is 0 Å². The van der Waals surface area contributed by atoms with Gasteiger partial charge >= 0.3 is 49.7 Å². The molecule has 27 heavy (non-hydrogen) atoms. The Morgan fingerprint density at radius 2 is 1.04 bits per heavy atom. The Labute approximate surface area is 200 Å². The second-order valence-electron chi connectivity index (χ2n) is 7.42. The maximum Gasteiger partial charge on any atom is 2.00 e. The Balaban J connectivity index is -0.00000104. The zero-order chi connectivity index (χ0) is 19.3. The molecular formula is C22H44CaO4. The van der Waals surface area contributed by atoms with Crippen LogP contribution in [-0.2, 0) is 14.3 Å². The van der Waals surface area contributed by atoms with E-state index in [-0.39, 0.29) is 53.4 Å². The number of unbranched alkanes of at least 4 members (excludes halogenated alkanes) is 15. The molecule has 0 radical (unpaired) electrons. The van der Waals surface area contributed by atoms with E-state index in [1.165, 1.54) is 89.9 Å². The van der Waals surface area contributed by atoms with Gasteiger partial charge < -0.3 is 12.7 Å². The van der Waals surface area contributed by atoms with Crippen molar-refractivity contribution >= 4 is 49.7 Å². The van der Waals surface area contributed by atoms with E-state index in [0.29, 0.717) is 6.61 Å². The number of carboxylic acid groups (broad SMARTS) is 1. The third-order valence-electron chi connectivity index (χ3n) is 4.80. The number of hydrogen-bond acceptors (Lipinski definition) is 3. The number of esters is 1. The van der Waals surface area contributed by atoms with Crippen LogP contribution in [0.25, 0.3) is 0 Å². The fourth-order valence-electron chi connectivity index (χ4n) is 3.12. The number of carbonyl (C=O) groups is 2. The maximum atomic E-state index is 11.2. The van der Waals surface area contributed by atoms with Crippen LogP contribution in [0.1, 0.15) is 125 Å². The second kappa shape index (κ2) is 24.2. The van der Waals surface area contributed by atoms with Crippen LogP contribution in [0.3, 0.4) is 0 Å². The summed E-state index contributed by atoms with van der Waals surface area (Å²) in [5.74, 6) is -1.35. The molecule has 0 saturated heterocycles. The van der Waals surface area contributed by atoms with Gasteiger partial charge in [-0.05, 0) is 6.42 Å². The van der Waals surface area contributed by atoms with E-state index in [1.54, 1.807) is 0 Å². The molecule has 0 aromatic rings. The van der Waals surface area contributed by atoms with Crippen molar-refractivity contribution in [2.45, 2.75) is 122 Å². The quantitative estimate of drug-likeness (QED) is 0.141. The molecule has 0 aromatic heterocycles. The Morgan fingerprint density at radius 1 is 0.667 bits per heavy atom. The number of aliphatic carboxylic acids is 1. The molecule has 0 atom stereocenters. The van der Waals surface area contributed by atoms with Gasteiger partial charge in [0.1, 0.15) is 0 Å². The molecule has 0 aliphatic rings. The minimum atomic E-state index is -0.954. The van der Waals surface area contributed by atoms with Crippen molar-refractivity contribution in [3.05, 3.63) is 0 Å². The van der Waals surface area contributed by atoms with E-state index < -0.39 is 11.9 Å². The number of carboxylic acids is 1. The molecule has 158 valence electrons. The summed E-state index contributed by atoms with van der Waals surface area (Å²) in [4.78, 5) is 21.6. The van der Waals surface area contributed by atoms with Crippen molar-refractivity contribution < 1.29 is 22.3 Å². The average Bonchev–Trinajstić information content (AvgIpc) is 2.62. The fraction of sp³-hybridized carbons (Fsp3) is 0.909. The molecule has 0 fully saturated rings. The molecule has 4 nitrogen and oxygen atoms in total. The van der Waals surface area contributed by atoms with E-state index in [1.807, 2.05) is 0 Å². The van der Waals surface area contributed by atoms with Crippen molar-refractivity contribution in [1.82, 2.24) is 0 Å². The van der Waals surface area contributed by atoms with E-state index in [9.17, 15) is 9.59 Å². The molecule has 0 aliphatic heterocycles. The Hall–Kier alpha value is 0.200. The van der Waals surface area contributed by atoms with Gasteiger partial charge in [0.2, 0.25) is 0 Å². The third kappa shape index (κ3) is 26.2. The van der Waals surface area contributed by atoms with Gasteiger partial charge in [-0.2, -0.15) is 0 Å². The molecule has 0 saturated carbocycles. The van der Waals surface area contributed by atoms with Crippen LogP contribution in [0, 0.1) is 0 Å². The summed E-state index contributed by atoms with van der Waals surface area (Å²) in [5.41, 5.74) is 0. The van der Waals surface area contributed by atoms with Gasteiger partial charge in [0.25, 0.3) is 0 Å². The smallest absolute Gasteiger partial charge is 1.00 e. The molecule has 5 heteroatoms. The summed E-state index contributed by atoms with van der Waals surface area (Å²) in [6.07, 6.45) is 21.0. The molecule has 0 rings (SSSR count). The first-order valence-corrected chi connectivity index (χ1v) is 11.0.